The highest BCUT2D eigenvalue weighted by molar-refractivity contribution is 7.52. The van der Waals surface area contributed by atoms with Gasteiger partial charge in [-0.2, -0.15) is 5.09 Å². The van der Waals surface area contributed by atoms with Crippen LogP contribution in [0.1, 0.15) is 27.0 Å². The highest BCUT2D eigenvalue weighted by Gasteiger charge is 2.45. The van der Waals surface area contributed by atoms with Crippen molar-refractivity contribution in [3.8, 4) is 5.75 Å². The van der Waals surface area contributed by atoms with Crippen molar-refractivity contribution in [3.63, 3.8) is 0 Å². The molecule has 0 aliphatic carbocycles. The van der Waals surface area contributed by atoms with E-state index in [1.165, 1.54) is 24.1 Å². The number of aliphatic hydroxyl groups is 1. The van der Waals surface area contributed by atoms with Crippen molar-refractivity contribution < 1.29 is 33.0 Å². The minimum absolute atomic E-state index is 0.186. The first-order chi connectivity index (χ1) is 17.6. The number of esters is 1. The number of aromatic nitrogens is 4. The summed E-state index contributed by atoms with van der Waals surface area (Å²) in [6.07, 6.45) is -0.720. The molecule has 2 aromatic heterocycles. The van der Waals surface area contributed by atoms with E-state index in [9.17, 15) is 14.5 Å². The average molecular weight is 535 g/mol. The summed E-state index contributed by atoms with van der Waals surface area (Å²) in [4.78, 5) is 24.6. The molecule has 3 heterocycles. The zero-order valence-corrected chi connectivity index (χ0v) is 21.4. The van der Waals surface area contributed by atoms with E-state index in [-0.39, 0.29) is 24.3 Å². The molecule has 37 heavy (non-hydrogen) atoms. The average Bonchev–Trinajstić information content (AvgIpc) is 3.40. The van der Waals surface area contributed by atoms with E-state index in [4.69, 9.17) is 30.0 Å². The summed E-state index contributed by atoms with van der Waals surface area (Å²) < 4.78 is 37.6. The zero-order chi connectivity index (χ0) is 26.7. The highest BCUT2D eigenvalue weighted by Crippen LogP contribution is 2.46. The maximum atomic E-state index is 13.7. The van der Waals surface area contributed by atoms with Crippen molar-refractivity contribution in [2.24, 2.45) is 5.73 Å². The number of carbonyl (C=O) groups excluding carboxylic acids is 1. The van der Waals surface area contributed by atoms with Gasteiger partial charge in [0.15, 0.2) is 17.7 Å². The van der Waals surface area contributed by atoms with Crippen molar-refractivity contribution in [2.45, 2.75) is 57.4 Å². The third-order valence-electron chi connectivity index (χ3n) is 5.51. The van der Waals surface area contributed by atoms with Gasteiger partial charge in [0.2, 0.25) is 0 Å². The molecule has 1 unspecified atom stereocenters. The molecule has 0 radical (unpaired) electrons. The Morgan fingerprint density at radius 2 is 1.97 bits per heavy atom. The van der Waals surface area contributed by atoms with Crippen molar-refractivity contribution in [1.82, 2.24) is 24.6 Å². The van der Waals surface area contributed by atoms with Crippen LogP contribution in [0.25, 0.3) is 11.2 Å². The summed E-state index contributed by atoms with van der Waals surface area (Å²) in [5, 5.41) is 13.4. The fourth-order valence-electron chi connectivity index (χ4n) is 3.72. The molecular weight excluding hydrogens is 505 g/mol. The SMILES string of the molecule is CC(C)OC(=O)[C@@H](C)NP(=O)(OC[C@H]1O[C@@H](n2cnc3c(N)ncnc32)[C@H](N)[C@@H]1O)Oc1ccccc1. The predicted octanol–water partition coefficient (Wildman–Crippen LogP) is 1.13. The molecule has 1 saturated heterocycles. The molecule has 1 aromatic carbocycles. The lowest BCUT2D eigenvalue weighted by molar-refractivity contribution is -0.149. The van der Waals surface area contributed by atoms with Gasteiger partial charge in [-0.1, -0.05) is 18.2 Å². The van der Waals surface area contributed by atoms with Gasteiger partial charge in [0.1, 0.15) is 35.8 Å². The first kappa shape index (κ1) is 26.9. The van der Waals surface area contributed by atoms with E-state index in [0.29, 0.717) is 11.2 Å². The molecule has 200 valence electrons. The monoisotopic (exact) mass is 535 g/mol. The maximum absolute atomic E-state index is 13.7. The van der Waals surface area contributed by atoms with Crippen LogP contribution in [0.5, 0.6) is 5.75 Å². The Balaban J connectivity index is 1.50. The van der Waals surface area contributed by atoms with Gasteiger partial charge in [0.25, 0.3) is 0 Å². The van der Waals surface area contributed by atoms with Gasteiger partial charge in [-0.3, -0.25) is 13.9 Å². The third-order valence-corrected chi connectivity index (χ3v) is 7.16. The number of nitrogens with two attached hydrogens (primary N) is 2. The molecule has 0 amide bonds. The minimum atomic E-state index is -4.16. The minimum Gasteiger partial charge on any atom is -0.462 e. The lowest BCUT2D eigenvalue weighted by Gasteiger charge is -2.25. The third kappa shape index (κ3) is 6.06. The number of imidazole rings is 1. The van der Waals surface area contributed by atoms with Crippen LogP contribution in [0.2, 0.25) is 0 Å². The summed E-state index contributed by atoms with van der Waals surface area (Å²) in [5.41, 5.74) is 12.8. The van der Waals surface area contributed by atoms with Crippen LogP contribution in [0, 0.1) is 0 Å². The van der Waals surface area contributed by atoms with Gasteiger partial charge < -0.3 is 30.6 Å². The zero-order valence-electron chi connectivity index (χ0n) is 20.5. The normalized spacial score (nSPS) is 24.2. The molecule has 14 nitrogen and oxygen atoms in total. The number of ether oxygens (including phenoxy) is 2. The largest absolute Gasteiger partial charge is 0.462 e. The Kier molecular flexibility index (Phi) is 8.07. The van der Waals surface area contributed by atoms with Crippen LogP contribution < -0.4 is 21.1 Å². The Morgan fingerprint density at radius 1 is 1.24 bits per heavy atom. The summed E-state index contributed by atoms with van der Waals surface area (Å²) in [5.74, 6) is -0.207. The molecular formula is C22H30N7O7P. The maximum Gasteiger partial charge on any atom is 0.459 e. The van der Waals surface area contributed by atoms with Crippen molar-refractivity contribution in [2.75, 3.05) is 12.3 Å². The molecule has 0 saturated carbocycles. The Hall–Kier alpha value is -3.13. The smallest absolute Gasteiger partial charge is 0.459 e. The molecule has 1 aliphatic rings. The van der Waals surface area contributed by atoms with Gasteiger partial charge >= 0.3 is 13.7 Å². The van der Waals surface area contributed by atoms with Crippen LogP contribution in [0.3, 0.4) is 0 Å². The van der Waals surface area contributed by atoms with E-state index in [1.54, 1.807) is 44.2 Å². The van der Waals surface area contributed by atoms with Gasteiger partial charge in [0, 0.05) is 0 Å². The number of benzene rings is 1. The van der Waals surface area contributed by atoms with E-state index in [1.807, 2.05) is 0 Å². The van der Waals surface area contributed by atoms with Gasteiger partial charge in [-0.05, 0) is 32.9 Å². The summed E-state index contributed by atoms with van der Waals surface area (Å²) >= 11 is 0. The lowest BCUT2D eigenvalue weighted by atomic mass is 10.1. The van der Waals surface area contributed by atoms with Gasteiger partial charge in [-0.15, -0.1) is 0 Å². The predicted molar refractivity (Wildman–Crippen MR) is 132 cm³/mol. The summed E-state index contributed by atoms with van der Waals surface area (Å²) in [6.45, 7) is 4.49. The molecule has 3 aromatic rings. The van der Waals surface area contributed by atoms with Gasteiger partial charge in [-0.25, -0.2) is 19.5 Å². The first-order valence-corrected chi connectivity index (χ1v) is 13.1. The number of anilines is 1. The molecule has 1 fully saturated rings. The van der Waals surface area contributed by atoms with Crippen molar-refractivity contribution in [3.05, 3.63) is 43.0 Å². The van der Waals surface area contributed by atoms with Crippen LogP contribution in [0.4, 0.5) is 5.82 Å². The van der Waals surface area contributed by atoms with E-state index in [0.717, 1.165) is 0 Å². The number of carbonyl (C=O) groups is 1. The number of fused-ring (bicyclic) bond motifs is 1. The van der Waals surface area contributed by atoms with Crippen LogP contribution in [-0.2, 0) is 23.4 Å². The quantitative estimate of drug-likeness (QED) is 0.213. The molecule has 0 bridgehead atoms. The number of nitrogens with zero attached hydrogens (tertiary/aromatic N) is 4. The Bertz CT molecular complexity index is 1270. The standard InChI is InChI=1S/C22H30N7O7P/c1-12(2)34-22(31)13(3)28-37(32,36-14-7-5-4-6-8-14)33-9-15-18(30)16(23)21(35-15)29-11-27-17-19(24)25-10-26-20(17)29/h4-8,10-13,15-16,18,21,30H,9,23H2,1-3H3,(H,28,32)(H2,24,25,26)/t13-,15-,16-,18-,21-,37?/m1/s1. The van der Waals surface area contributed by atoms with Crippen LogP contribution >= 0.6 is 7.75 Å². The van der Waals surface area contributed by atoms with Gasteiger partial charge in [0.05, 0.1) is 25.1 Å². The molecule has 6 atom stereocenters. The van der Waals surface area contributed by atoms with E-state index < -0.39 is 44.2 Å². The first-order valence-electron chi connectivity index (χ1n) is 11.6. The highest BCUT2D eigenvalue weighted by atomic mass is 31.2. The Morgan fingerprint density at radius 3 is 2.68 bits per heavy atom. The fraction of sp³-hybridized carbons (Fsp3) is 0.455. The number of rotatable bonds is 10. The molecule has 15 heteroatoms. The Labute approximate surface area is 212 Å². The van der Waals surface area contributed by atoms with Crippen molar-refractivity contribution >= 4 is 30.7 Å². The second kappa shape index (κ2) is 11.1. The number of nitrogen functional groups attached to an aromatic ring is 1. The van der Waals surface area contributed by atoms with Crippen LogP contribution in [0.15, 0.2) is 43.0 Å². The number of aliphatic hydroxyl groups excluding tert-OH is 1. The van der Waals surface area contributed by atoms with E-state index >= 15 is 0 Å². The number of para-hydroxylation sites is 1. The van der Waals surface area contributed by atoms with Crippen molar-refractivity contribution in [1.29, 1.82) is 0 Å². The second-order valence-corrected chi connectivity index (χ2v) is 10.4. The summed E-state index contributed by atoms with van der Waals surface area (Å²) in [6, 6.07) is 6.38. The second-order valence-electron chi connectivity index (χ2n) is 8.75. The lowest BCUT2D eigenvalue weighted by Crippen LogP contribution is -2.40. The molecule has 4 rings (SSSR count). The summed E-state index contributed by atoms with van der Waals surface area (Å²) in [7, 11) is -4.16. The fourth-order valence-corrected chi connectivity index (χ4v) is 5.22. The number of hydrogen-bond donors (Lipinski definition) is 4. The molecule has 6 N–H and O–H groups in total. The molecule has 0 spiro atoms. The van der Waals surface area contributed by atoms with E-state index in [2.05, 4.69) is 20.0 Å². The topological polar surface area (TPSA) is 199 Å². The number of nitrogens with one attached hydrogen (secondary N) is 1. The number of hydrogen-bond acceptors (Lipinski definition) is 12. The van der Waals surface area contributed by atoms with Crippen LogP contribution in [-0.4, -0.2) is 67.6 Å². The molecule has 1 aliphatic heterocycles.